The van der Waals surface area contributed by atoms with Crippen LogP contribution < -0.4 is 15.5 Å². The molecule has 1 aliphatic heterocycles. The van der Waals surface area contributed by atoms with Crippen molar-refractivity contribution in [3.05, 3.63) is 110 Å². The van der Waals surface area contributed by atoms with Crippen LogP contribution in [0.2, 0.25) is 0 Å². The standard InChI is InChI=1S/C33H31N9O/c1-23(37-32-35-18-15-31(39-32)42-22-36-28-10-4-5-12-29(28)42)30-21-40(19-20-41(30)25-13-16-34-17-14-25)33(43)38-27-11-6-8-24-7-2-3-9-26(24)27/h2-18,22-23,30H,19-21H2,1H3,(H,38,43)(H,35,37,39)/t23-,30-/m0/s1. The zero-order valence-corrected chi connectivity index (χ0v) is 23.7. The van der Waals surface area contributed by atoms with Gasteiger partial charge in [0.15, 0.2) is 0 Å². The summed E-state index contributed by atoms with van der Waals surface area (Å²) in [5, 5.41) is 8.79. The highest BCUT2D eigenvalue weighted by Gasteiger charge is 2.34. The number of nitrogens with zero attached hydrogens (tertiary/aromatic N) is 7. The number of amides is 2. The van der Waals surface area contributed by atoms with E-state index in [0.717, 1.165) is 39.0 Å². The molecule has 4 heterocycles. The van der Waals surface area contributed by atoms with E-state index in [1.54, 1.807) is 24.9 Å². The molecular formula is C33H31N9O. The average Bonchev–Trinajstić information content (AvgIpc) is 3.49. The Bertz CT molecular complexity index is 1890. The summed E-state index contributed by atoms with van der Waals surface area (Å²) in [5.41, 5.74) is 3.74. The molecule has 0 aliphatic carbocycles. The van der Waals surface area contributed by atoms with E-state index < -0.39 is 0 Å². The molecule has 2 amide bonds. The predicted octanol–water partition coefficient (Wildman–Crippen LogP) is 5.59. The number of hydrogen-bond donors (Lipinski definition) is 2. The smallest absolute Gasteiger partial charge is 0.321 e. The van der Waals surface area contributed by atoms with Crippen molar-refractivity contribution in [3.8, 4) is 5.82 Å². The summed E-state index contributed by atoms with van der Waals surface area (Å²) in [4.78, 5) is 35.9. The normalized spacial score (nSPS) is 15.9. The third-order valence-electron chi connectivity index (χ3n) is 8.01. The second kappa shape index (κ2) is 11.4. The summed E-state index contributed by atoms with van der Waals surface area (Å²) in [7, 11) is 0. The van der Waals surface area contributed by atoms with E-state index in [-0.39, 0.29) is 18.1 Å². The maximum atomic E-state index is 13.6. The highest BCUT2D eigenvalue weighted by Crippen LogP contribution is 2.26. The lowest BCUT2D eigenvalue weighted by Gasteiger charge is -2.45. The molecular weight excluding hydrogens is 538 g/mol. The van der Waals surface area contributed by atoms with Gasteiger partial charge >= 0.3 is 6.03 Å². The number of fused-ring (bicyclic) bond motifs is 2. The van der Waals surface area contributed by atoms with Gasteiger partial charge in [0, 0.05) is 55.3 Å². The van der Waals surface area contributed by atoms with Gasteiger partial charge in [-0.3, -0.25) is 9.55 Å². The number of piperazine rings is 1. The van der Waals surface area contributed by atoms with E-state index in [9.17, 15) is 4.79 Å². The Labute approximate surface area is 249 Å². The minimum atomic E-state index is -0.117. The molecule has 0 radical (unpaired) electrons. The highest BCUT2D eigenvalue weighted by atomic mass is 16.2. The number of hydrogen-bond acceptors (Lipinski definition) is 7. The van der Waals surface area contributed by atoms with Crippen LogP contribution in [0.5, 0.6) is 0 Å². The summed E-state index contributed by atoms with van der Waals surface area (Å²) in [6.07, 6.45) is 7.12. The van der Waals surface area contributed by atoms with E-state index in [1.165, 1.54) is 0 Å². The topological polar surface area (TPSA) is 104 Å². The van der Waals surface area contributed by atoms with Crippen LogP contribution in [0.1, 0.15) is 6.92 Å². The van der Waals surface area contributed by atoms with Crippen LogP contribution >= 0.6 is 0 Å². The molecule has 0 spiro atoms. The Morgan fingerprint density at radius 3 is 2.60 bits per heavy atom. The number of aromatic nitrogens is 5. The zero-order valence-electron chi connectivity index (χ0n) is 23.7. The van der Waals surface area contributed by atoms with Crippen molar-refractivity contribution < 1.29 is 4.79 Å². The number of anilines is 3. The second-order valence-corrected chi connectivity index (χ2v) is 10.6. The van der Waals surface area contributed by atoms with Crippen LogP contribution in [0.3, 0.4) is 0 Å². The molecule has 214 valence electrons. The lowest BCUT2D eigenvalue weighted by molar-refractivity contribution is 0.195. The summed E-state index contributed by atoms with van der Waals surface area (Å²) in [6.45, 7) is 3.87. The molecule has 7 rings (SSSR count). The molecule has 1 saturated heterocycles. The van der Waals surface area contributed by atoms with Gasteiger partial charge in [-0.15, -0.1) is 0 Å². The Morgan fingerprint density at radius 2 is 1.70 bits per heavy atom. The number of rotatable bonds is 6. The number of para-hydroxylation sites is 2. The Balaban J connectivity index is 1.13. The number of nitrogens with one attached hydrogen (secondary N) is 2. The SMILES string of the molecule is C[C@H](Nc1nccc(-n2cnc3ccccc32)n1)[C@@H]1CN(C(=O)Nc2cccc3ccccc23)CCN1c1ccncc1. The first kappa shape index (κ1) is 26.4. The molecule has 0 unspecified atom stereocenters. The van der Waals surface area contributed by atoms with Crippen molar-refractivity contribution in [1.82, 2.24) is 29.4 Å². The molecule has 10 nitrogen and oxygen atoms in total. The van der Waals surface area contributed by atoms with Crippen molar-refractivity contribution in [2.24, 2.45) is 0 Å². The number of carbonyl (C=O) groups excluding carboxylic acids is 1. The minimum absolute atomic E-state index is 0.0595. The van der Waals surface area contributed by atoms with Crippen molar-refractivity contribution in [2.45, 2.75) is 19.0 Å². The van der Waals surface area contributed by atoms with Gasteiger partial charge in [0.2, 0.25) is 5.95 Å². The zero-order chi connectivity index (χ0) is 29.2. The van der Waals surface area contributed by atoms with Gasteiger partial charge in [0.1, 0.15) is 12.1 Å². The number of pyridine rings is 1. The van der Waals surface area contributed by atoms with Crippen molar-refractivity contribution in [3.63, 3.8) is 0 Å². The highest BCUT2D eigenvalue weighted by molar-refractivity contribution is 6.01. The summed E-state index contributed by atoms with van der Waals surface area (Å²) in [6, 6.07) is 27.6. The van der Waals surface area contributed by atoms with Gasteiger partial charge in [-0.1, -0.05) is 48.5 Å². The third-order valence-corrected chi connectivity index (χ3v) is 8.01. The summed E-state index contributed by atoms with van der Waals surface area (Å²) < 4.78 is 1.95. The molecule has 3 aromatic heterocycles. The first-order chi connectivity index (χ1) is 21.1. The Kier molecular flexibility index (Phi) is 7.00. The summed E-state index contributed by atoms with van der Waals surface area (Å²) in [5.74, 6) is 1.24. The lowest BCUT2D eigenvalue weighted by Crippen LogP contribution is -2.60. The van der Waals surface area contributed by atoms with Crippen LogP contribution in [0.25, 0.3) is 27.6 Å². The molecule has 1 aliphatic rings. The van der Waals surface area contributed by atoms with Crippen LogP contribution in [0.4, 0.5) is 22.1 Å². The maximum Gasteiger partial charge on any atom is 0.321 e. The fourth-order valence-corrected chi connectivity index (χ4v) is 5.80. The van der Waals surface area contributed by atoms with Crippen LogP contribution in [-0.2, 0) is 0 Å². The van der Waals surface area contributed by atoms with E-state index in [2.05, 4.69) is 37.4 Å². The molecule has 2 atom stereocenters. The number of benzene rings is 3. The second-order valence-electron chi connectivity index (χ2n) is 10.6. The quantitative estimate of drug-likeness (QED) is 0.270. The largest absolute Gasteiger partial charge is 0.363 e. The summed E-state index contributed by atoms with van der Waals surface area (Å²) >= 11 is 0. The van der Waals surface area contributed by atoms with Crippen LogP contribution in [0.15, 0.2) is 110 Å². The van der Waals surface area contributed by atoms with E-state index >= 15 is 0 Å². The van der Waals surface area contributed by atoms with Crippen molar-refractivity contribution in [2.75, 3.05) is 35.2 Å². The lowest BCUT2D eigenvalue weighted by atomic mass is 10.0. The van der Waals surface area contributed by atoms with Crippen LogP contribution in [0, 0.1) is 0 Å². The van der Waals surface area contributed by atoms with E-state index in [0.29, 0.717) is 25.6 Å². The Hall–Kier alpha value is -5.51. The van der Waals surface area contributed by atoms with Crippen molar-refractivity contribution in [1.29, 1.82) is 0 Å². The molecule has 1 fully saturated rings. The maximum absolute atomic E-state index is 13.6. The average molecular weight is 570 g/mol. The van der Waals surface area contributed by atoms with Gasteiger partial charge in [-0.25, -0.2) is 14.8 Å². The molecule has 43 heavy (non-hydrogen) atoms. The first-order valence-corrected chi connectivity index (χ1v) is 14.4. The molecule has 2 N–H and O–H groups in total. The molecule has 6 aromatic rings. The third kappa shape index (κ3) is 5.30. The van der Waals surface area contributed by atoms with Crippen LogP contribution in [-0.4, -0.2) is 67.2 Å². The minimum Gasteiger partial charge on any atom is -0.363 e. The number of carbonyl (C=O) groups is 1. The fraction of sp³-hybridized carbons (Fsp3) is 0.182. The number of imidazole rings is 1. The molecule has 0 saturated carbocycles. The van der Waals surface area contributed by atoms with Gasteiger partial charge in [0.25, 0.3) is 0 Å². The van der Waals surface area contributed by atoms with Gasteiger partial charge in [-0.05, 0) is 48.7 Å². The fourth-order valence-electron chi connectivity index (χ4n) is 5.80. The Morgan fingerprint density at radius 1 is 0.884 bits per heavy atom. The number of urea groups is 1. The van der Waals surface area contributed by atoms with Gasteiger partial charge in [0.05, 0.1) is 22.8 Å². The molecule has 10 heteroatoms. The van der Waals surface area contributed by atoms with E-state index in [4.69, 9.17) is 4.98 Å². The van der Waals surface area contributed by atoms with E-state index in [1.807, 2.05) is 94.4 Å². The molecule has 0 bridgehead atoms. The first-order valence-electron chi connectivity index (χ1n) is 14.4. The van der Waals surface area contributed by atoms with Crippen molar-refractivity contribution >= 4 is 45.2 Å². The van der Waals surface area contributed by atoms with Gasteiger partial charge in [-0.2, -0.15) is 4.98 Å². The predicted molar refractivity (Wildman–Crippen MR) is 170 cm³/mol. The molecule has 3 aromatic carbocycles. The monoisotopic (exact) mass is 569 g/mol. The van der Waals surface area contributed by atoms with Gasteiger partial charge < -0.3 is 20.4 Å².